The van der Waals surface area contributed by atoms with Gasteiger partial charge in [0.25, 0.3) is 0 Å². The number of carbonyl (C=O) groups is 1. The Morgan fingerprint density at radius 1 is 1.29 bits per heavy atom. The van der Waals surface area contributed by atoms with Crippen LogP contribution in [-0.4, -0.2) is 33.2 Å². The second-order valence-corrected chi connectivity index (χ2v) is 3.73. The van der Waals surface area contributed by atoms with E-state index >= 15 is 0 Å². The molecule has 1 aromatic rings. The van der Waals surface area contributed by atoms with Crippen molar-refractivity contribution in [3.63, 3.8) is 0 Å². The van der Waals surface area contributed by atoms with Crippen molar-refractivity contribution in [3.8, 4) is 11.5 Å². The van der Waals surface area contributed by atoms with E-state index in [1.165, 1.54) is 4.90 Å². The molecule has 2 N–H and O–H groups in total. The molecule has 0 fully saturated rings. The summed E-state index contributed by atoms with van der Waals surface area (Å²) >= 11 is 0. The van der Waals surface area contributed by atoms with Gasteiger partial charge in [0, 0.05) is 18.8 Å². The molecule has 0 heterocycles. The van der Waals surface area contributed by atoms with E-state index in [0.717, 1.165) is 0 Å². The van der Waals surface area contributed by atoms with Gasteiger partial charge in [0.05, 0.1) is 20.3 Å². The first-order chi connectivity index (χ1) is 8.01. The largest absolute Gasteiger partial charge is 0.493 e. The number of ether oxygens (including phenoxy) is 2. The van der Waals surface area contributed by atoms with Gasteiger partial charge in [-0.25, -0.2) is 0 Å². The van der Waals surface area contributed by atoms with E-state index in [4.69, 9.17) is 15.2 Å². The van der Waals surface area contributed by atoms with Crippen molar-refractivity contribution in [2.24, 2.45) is 5.73 Å². The molecule has 0 spiro atoms. The van der Waals surface area contributed by atoms with Crippen LogP contribution in [0.1, 0.15) is 6.92 Å². The van der Waals surface area contributed by atoms with Crippen molar-refractivity contribution >= 4 is 11.6 Å². The molecule has 1 unspecified atom stereocenters. The molecule has 1 atom stereocenters. The Morgan fingerprint density at radius 2 is 1.88 bits per heavy atom. The maximum atomic E-state index is 11.7. The Bertz CT molecular complexity index is 405. The van der Waals surface area contributed by atoms with Crippen LogP contribution in [0.3, 0.4) is 0 Å². The zero-order valence-electron chi connectivity index (χ0n) is 10.6. The second kappa shape index (κ2) is 5.54. The second-order valence-electron chi connectivity index (χ2n) is 3.73. The number of anilines is 1. The quantitative estimate of drug-likeness (QED) is 0.850. The summed E-state index contributed by atoms with van der Waals surface area (Å²) in [6, 6.07) is 4.73. The molecule has 0 aliphatic heterocycles. The minimum atomic E-state index is -0.534. The number of hydrogen-bond donors (Lipinski definition) is 1. The molecule has 17 heavy (non-hydrogen) atoms. The van der Waals surface area contributed by atoms with E-state index in [0.29, 0.717) is 17.2 Å². The number of likely N-dealkylation sites (N-methyl/N-ethyl adjacent to an activating group) is 1. The lowest BCUT2D eigenvalue weighted by atomic mass is 10.2. The predicted octanol–water partition coefficient (Wildman–Crippen LogP) is 1.01. The van der Waals surface area contributed by atoms with Crippen LogP contribution >= 0.6 is 0 Å². The van der Waals surface area contributed by atoms with Crippen LogP contribution in [0, 0.1) is 0 Å². The summed E-state index contributed by atoms with van der Waals surface area (Å²) in [5.41, 5.74) is 6.27. The van der Waals surface area contributed by atoms with E-state index < -0.39 is 6.04 Å². The smallest absolute Gasteiger partial charge is 0.243 e. The van der Waals surface area contributed by atoms with Crippen molar-refractivity contribution in [3.05, 3.63) is 18.2 Å². The monoisotopic (exact) mass is 238 g/mol. The number of hydrogen-bond acceptors (Lipinski definition) is 4. The van der Waals surface area contributed by atoms with Gasteiger partial charge >= 0.3 is 0 Å². The molecule has 0 bridgehead atoms. The Labute approximate surface area is 101 Å². The van der Waals surface area contributed by atoms with E-state index in [9.17, 15) is 4.79 Å². The third kappa shape index (κ3) is 2.88. The van der Waals surface area contributed by atoms with Gasteiger partial charge in [0.1, 0.15) is 0 Å². The Hall–Kier alpha value is -1.75. The van der Waals surface area contributed by atoms with Crippen LogP contribution in [0.2, 0.25) is 0 Å². The predicted molar refractivity (Wildman–Crippen MR) is 66.6 cm³/mol. The molecule has 0 saturated heterocycles. The van der Waals surface area contributed by atoms with Crippen LogP contribution in [0.4, 0.5) is 5.69 Å². The maximum Gasteiger partial charge on any atom is 0.243 e. The fourth-order valence-corrected chi connectivity index (χ4v) is 1.47. The molecule has 1 aromatic carbocycles. The molecular weight excluding hydrogens is 220 g/mol. The van der Waals surface area contributed by atoms with Crippen molar-refractivity contribution in [1.29, 1.82) is 0 Å². The van der Waals surface area contributed by atoms with E-state index in [-0.39, 0.29) is 5.91 Å². The van der Waals surface area contributed by atoms with Crippen molar-refractivity contribution in [1.82, 2.24) is 0 Å². The number of nitrogens with two attached hydrogens (primary N) is 1. The maximum absolute atomic E-state index is 11.7. The lowest BCUT2D eigenvalue weighted by Crippen LogP contribution is -2.39. The van der Waals surface area contributed by atoms with E-state index in [2.05, 4.69) is 0 Å². The first kappa shape index (κ1) is 13.3. The molecule has 1 amide bonds. The summed E-state index contributed by atoms with van der Waals surface area (Å²) in [6.45, 7) is 1.65. The number of benzene rings is 1. The fourth-order valence-electron chi connectivity index (χ4n) is 1.47. The Balaban J connectivity index is 3.03. The minimum Gasteiger partial charge on any atom is -0.493 e. The summed E-state index contributed by atoms with van der Waals surface area (Å²) in [5.74, 6) is 1.05. The highest BCUT2D eigenvalue weighted by Gasteiger charge is 2.16. The first-order valence-corrected chi connectivity index (χ1v) is 5.26. The first-order valence-electron chi connectivity index (χ1n) is 5.26. The number of nitrogens with zero attached hydrogens (tertiary/aromatic N) is 1. The SMILES string of the molecule is COc1ccc(N(C)C(=O)C(C)N)cc1OC. The zero-order chi connectivity index (χ0) is 13.0. The molecule has 94 valence electrons. The number of amides is 1. The summed E-state index contributed by atoms with van der Waals surface area (Å²) in [7, 11) is 4.79. The van der Waals surface area contributed by atoms with Gasteiger partial charge in [-0.3, -0.25) is 4.79 Å². The minimum absolute atomic E-state index is 0.155. The topological polar surface area (TPSA) is 64.8 Å². The third-order valence-electron chi connectivity index (χ3n) is 2.47. The third-order valence-corrected chi connectivity index (χ3v) is 2.47. The van der Waals surface area contributed by atoms with Gasteiger partial charge in [-0.2, -0.15) is 0 Å². The van der Waals surface area contributed by atoms with Gasteiger partial charge in [-0.05, 0) is 19.1 Å². The lowest BCUT2D eigenvalue weighted by molar-refractivity contribution is -0.119. The average molecular weight is 238 g/mol. The van der Waals surface area contributed by atoms with Crippen LogP contribution in [0.15, 0.2) is 18.2 Å². The van der Waals surface area contributed by atoms with Crippen LogP contribution in [-0.2, 0) is 4.79 Å². The van der Waals surface area contributed by atoms with Gasteiger partial charge in [-0.15, -0.1) is 0 Å². The average Bonchev–Trinajstić information content (AvgIpc) is 2.35. The van der Waals surface area contributed by atoms with Crippen LogP contribution in [0.25, 0.3) is 0 Å². The van der Waals surface area contributed by atoms with E-state index in [1.807, 2.05) is 0 Å². The highest BCUT2D eigenvalue weighted by atomic mass is 16.5. The summed E-state index contributed by atoms with van der Waals surface area (Å²) < 4.78 is 10.3. The number of carbonyl (C=O) groups excluding carboxylic acids is 1. The zero-order valence-corrected chi connectivity index (χ0v) is 10.6. The van der Waals surface area contributed by atoms with Gasteiger partial charge in [0.15, 0.2) is 11.5 Å². The molecule has 0 radical (unpaired) electrons. The molecule has 0 aliphatic carbocycles. The number of rotatable bonds is 4. The van der Waals surface area contributed by atoms with Gasteiger partial charge in [-0.1, -0.05) is 0 Å². The summed E-state index contributed by atoms with van der Waals surface area (Å²) in [4.78, 5) is 13.2. The van der Waals surface area contributed by atoms with Crippen LogP contribution in [0.5, 0.6) is 11.5 Å². The summed E-state index contributed by atoms with van der Waals surface area (Å²) in [5, 5.41) is 0. The van der Waals surface area contributed by atoms with Crippen LogP contribution < -0.4 is 20.1 Å². The highest BCUT2D eigenvalue weighted by molar-refractivity contribution is 5.96. The molecular formula is C12H18N2O3. The fraction of sp³-hybridized carbons (Fsp3) is 0.417. The standard InChI is InChI=1S/C12H18N2O3/c1-8(13)12(15)14(2)9-5-6-10(16-3)11(7-9)17-4/h5-8H,13H2,1-4H3. The van der Waals surface area contributed by atoms with Gasteiger partial charge < -0.3 is 20.1 Å². The Morgan fingerprint density at radius 3 is 2.35 bits per heavy atom. The highest BCUT2D eigenvalue weighted by Crippen LogP contribution is 2.31. The molecule has 0 aromatic heterocycles. The molecule has 5 nitrogen and oxygen atoms in total. The van der Waals surface area contributed by atoms with Crippen molar-refractivity contribution in [2.75, 3.05) is 26.2 Å². The normalized spacial score (nSPS) is 11.8. The molecule has 5 heteroatoms. The Kier molecular flexibility index (Phi) is 4.34. The van der Waals surface area contributed by atoms with Crippen molar-refractivity contribution in [2.45, 2.75) is 13.0 Å². The van der Waals surface area contributed by atoms with Gasteiger partial charge in [0.2, 0.25) is 5.91 Å². The lowest BCUT2D eigenvalue weighted by Gasteiger charge is -2.20. The summed E-state index contributed by atoms with van der Waals surface area (Å²) in [6.07, 6.45) is 0. The molecule has 1 rings (SSSR count). The molecule has 0 saturated carbocycles. The molecule has 0 aliphatic rings. The van der Waals surface area contributed by atoms with Crippen molar-refractivity contribution < 1.29 is 14.3 Å². The number of methoxy groups -OCH3 is 2. The van der Waals surface area contributed by atoms with E-state index in [1.54, 1.807) is 46.4 Å².